The van der Waals surface area contributed by atoms with Crippen molar-refractivity contribution in [2.24, 2.45) is 0 Å². The molecule has 82 valence electrons. The van der Waals surface area contributed by atoms with Crippen LogP contribution in [0.25, 0.3) is 11.1 Å². The standard InChI is InChI=1S/C14H13ClO/c1-10-6-8-11(9-7-10)12-4-3-5-13(15)14(12)16-2/h3-9H,1-2H3. The number of hydrogen-bond acceptors (Lipinski definition) is 1. The zero-order valence-electron chi connectivity index (χ0n) is 9.33. The maximum atomic E-state index is 6.09. The van der Waals surface area contributed by atoms with Gasteiger partial charge in [-0.05, 0) is 18.6 Å². The van der Waals surface area contributed by atoms with Crippen LogP contribution in [0, 0.1) is 6.92 Å². The van der Waals surface area contributed by atoms with Crippen molar-refractivity contribution >= 4 is 11.6 Å². The highest BCUT2D eigenvalue weighted by molar-refractivity contribution is 6.32. The SMILES string of the molecule is COc1c(Cl)cccc1-c1ccc(C)cc1. The first-order valence-electron chi connectivity index (χ1n) is 5.12. The Bertz CT molecular complexity index is 489. The minimum absolute atomic E-state index is 0.639. The van der Waals surface area contributed by atoms with Crippen LogP contribution >= 0.6 is 11.6 Å². The van der Waals surface area contributed by atoms with Crippen LogP contribution in [-0.2, 0) is 0 Å². The topological polar surface area (TPSA) is 9.23 Å². The minimum atomic E-state index is 0.639. The van der Waals surface area contributed by atoms with Crippen LogP contribution in [0.3, 0.4) is 0 Å². The summed E-state index contributed by atoms with van der Waals surface area (Å²) in [6.07, 6.45) is 0. The summed E-state index contributed by atoms with van der Waals surface area (Å²) in [5.74, 6) is 0.730. The van der Waals surface area contributed by atoms with E-state index in [1.807, 2.05) is 18.2 Å². The molecule has 0 saturated carbocycles. The van der Waals surface area contributed by atoms with Crippen molar-refractivity contribution in [1.29, 1.82) is 0 Å². The molecule has 1 nitrogen and oxygen atoms in total. The Hall–Kier alpha value is -1.47. The molecule has 0 amide bonds. The maximum Gasteiger partial charge on any atom is 0.145 e. The third-order valence-corrected chi connectivity index (χ3v) is 2.83. The molecule has 0 fully saturated rings. The highest BCUT2D eigenvalue weighted by Gasteiger charge is 2.08. The van der Waals surface area contributed by atoms with Crippen LogP contribution in [-0.4, -0.2) is 7.11 Å². The lowest BCUT2D eigenvalue weighted by atomic mass is 10.0. The van der Waals surface area contributed by atoms with E-state index in [9.17, 15) is 0 Å². The van der Waals surface area contributed by atoms with E-state index in [-0.39, 0.29) is 0 Å². The summed E-state index contributed by atoms with van der Waals surface area (Å²) in [7, 11) is 1.64. The van der Waals surface area contributed by atoms with Crippen LogP contribution in [0.5, 0.6) is 5.75 Å². The third-order valence-electron chi connectivity index (χ3n) is 2.53. The lowest BCUT2D eigenvalue weighted by Gasteiger charge is -2.10. The van der Waals surface area contributed by atoms with Crippen molar-refractivity contribution in [3.05, 3.63) is 53.1 Å². The third kappa shape index (κ3) is 2.05. The van der Waals surface area contributed by atoms with Crippen LogP contribution in [0.2, 0.25) is 5.02 Å². The number of aryl methyl sites for hydroxylation is 1. The minimum Gasteiger partial charge on any atom is -0.495 e. The summed E-state index contributed by atoms with van der Waals surface area (Å²) in [4.78, 5) is 0. The fourth-order valence-electron chi connectivity index (χ4n) is 1.68. The Morgan fingerprint density at radius 3 is 2.31 bits per heavy atom. The van der Waals surface area contributed by atoms with Gasteiger partial charge in [0.2, 0.25) is 0 Å². The van der Waals surface area contributed by atoms with Crippen molar-refractivity contribution in [1.82, 2.24) is 0 Å². The molecule has 0 radical (unpaired) electrons. The number of ether oxygens (including phenoxy) is 1. The van der Waals surface area contributed by atoms with Gasteiger partial charge in [0.1, 0.15) is 5.75 Å². The molecule has 0 heterocycles. The lowest BCUT2D eigenvalue weighted by Crippen LogP contribution is -1.88. The van der Waals surface area contributed by atoms with E-state index >= 15 is 0 Å². The van der Waals surface area contributed by atoms with Crippen LogP contribution in [0.15, 0.2) is 42.5 Å². The first kappa shape index (κ1) is 11.0. The van der Waals surface area contributed by atoms with Crippen molar-refractivity contribution < 1.29 is 4.74 Å². The van der Waals surface area contributed by atoms with Gasteiger partial charge < -0.3 is 4.74 Å². The van der Waals surface area contributed by atoms with Gasteiger partial charge in [-0.25, -0.2) is 0 Å². The van der Waals surface area contributed by atoms with E-state index in [0.29, 0.717) is 5.02 Å². The summed E-state index contributed by atoms with van der Waals surface area (Å²) in [6.45, 7) is 2.07. The molecule has 0 N–H and O–H groups in total. The molecule has 0 atom stereocenters. The number of halogens is 1. The highest BCUT2D eigenvalue weighted by atomic mass is 35.5. The average molecular weight is 233 g/mol. The van der Waals surface area contributed by atoms with Crippen molar-refractivity contribution in [2.75, 3.05) is 7.11 Å². The van der Waals surface area contributed by atoms with Gasteiger partial charge in [0.25, 0.3) is 0 Å². The van der Waals surface area contributed by atoms with Crippen LogP contribution < -0.4 is 4.74 Å². The second kappa shape index (κ2) is 4.58. The van der Waals surface area contributed by atoms with Gasteiger partial charge in [-0.15, -0.1) is 0 Å². The fourth-order valence-corrected chi connectivity index (χ4v) is 1.93. The Kier molecular flexibility index (Phi) is 3.16. The normalized spacial score (nSPS) is 10.2. The number of methoxy groups -OCH3 is 1. The second-order valence-corrected chi connectivity index (χ2v) is 4.09. The largest absolute Gasteiger partial charge is 0.495 e. The Morgan fingerprint density at radius 1 is 1.00 bits per heavy atom. The summed E-state index contributed by atoms with van der Waals surface area (Å²) in [6, 6.07) is 14.1. The predicted octanol–water partition coefficient (Wildman–Crippen LogP) is 4.32. The van der Waals surface area contributed by atoms with Crippen molar-refractivity contribution in [2.45, 2.75) is 6.92 Å². The molecule has 16 heavy (non-hydrogen) atoms. The van der Waals surface area contributed by atoms with E-state index in [1.165, 1.54) is 5.56 Å². The average Bonchev–Trinajstić information content (AvgIpc) is 2.30. The molecule has 2 rings (SSSR count). The number of hydrogen-bond donors (Lipinski definition) is 0. The second-order valence-electron chi connectivity index (χ2n) is 3.69. The van der Waals surface area contributed by atoms with Gasteiger partial charge in [0, 0.05) is 5.56 Å². The maximum absolute atomic E-state index is 6.09. The zero-order valence-corrected chi connectivity index (χ0v) is 10.1. The molecule has 0 aliphatic heterocycles. The molecule has 2 aromatic carbocycles. The first-order chi connectivity index (χ1) is 7.72. The molecule has 0 saturated heterocycles. The molecule has 2 aromatic rings. The molecule has 0 aromatic heterocycles. The van der Waals surface area contributed by atoms with E-state index < -0.39 is 0 Å². The molecule has 0 spiro atoms. The number of rotatable bonds is 2. The highest BCUT2D eigenvalue weighted by Crippen LogP contribution is 2.35. The number of para-hydroxylation sites is 1. The Labute approximate surface area is 101 Å². The summed E-state index contributed by atoms with van der Waals surface area (Å²) in [5, 5.41) is 0.639. The van der Waals surface area contributed by atoms with Crippen LogP contribution in [0.4, 0.5) is 0 Å². The van der Waals surface area contributed by atoms with Gasteiger partial charge in [-0.3, -0.25) is 0 Å². The molecule has 0 aliphatic rings. The quantitative estimate of drug-likeness (QED) is 0.749. The number of benzene rings is 2. The molecule has 0 bridgehead atoms. The molecular weight excluding hydrogens is 220 g/mol. The van der Waals surface area contributed by atoms with Crippen molar-refractivity contribution in [3.63, 3.8) is 0 Å². The summed E-state index contributed by atoms with van der Waals surface area (Å²) in [5.41, 5.74) is 3.38. The smallest absolute Gasteiger partial charge is 0.145 e. The van der Waals surface area contributed by atoms with Gasteiger partial charge in [0.05, 0.1) is 12.1 Å². The van der Waals surface area contributed by atoms with E-state index in [1.54, 1.807) is 7.11 Å². The molecule has 2 heteroatoms. The first-order valence-corrected chi connectivity index (χ1v) is 5.49. The fraction of sp³-hybridized carbons (Fsp3) is 0.143. The zero-order chi connectivity index (χ0) is 11.5. The van der Waals surface area contributed by atoms with Gasteiger partial charge in [0.15, 0.2) is 0 Å². The monoisotopic (exact) mass is 232 g/mol. The van der Waals surface area contributed by atoms with E-state index in [4.69, 9.17) is 16.3 Å². The lowest BCUT2D eigenvalue weighted by molar-refractivity contribution is 0.416. The van der Waals surface area contributed by atoms with Crippen LogP contribution in [0.1, 0.15) is 5.56 Å². The van der Waals surface area contributed by atoms with E-state index in [2.05, 4.69) is 31.2 Å². The molecule has 0 aliphatic carbocycles. The van der Waals surface area contributed by atoms with E-state index in [0.717, 1.165) is 16.9 Å². The van der Waals surface area contributed by atoms with Crippen molar-refractivity contribution in [3.8, 4) is 16.9 Å². The predicted molar refractivity (Wildman–Crippen MR) is 68.2 cm³/mol. The van der Waals surface area contributed by atoms with Gasteiger partial charge >= 0.3 is 0 Å². The Morgan fingerprint density at radius 2 is 1.69 bits per heavy atom. The van der Waals surface area contributed by atoms with Gasteiger partial charge in [-0.1, -0.05) is 53.6 Å². The summed E-state index contributed by atoms with van der Waals surface area (Å²) < 4.78 is 5.33. The summed E-state index contributed by atoms with van der Waals surface area (Å²) >= 11 is 6.09. The Balaban J connectivity index is 2.55. The molecular formula is C14H13ClO. The molecule has 0 unspecified atom stereocenters. The van der Waals surface area contributed by atoms with Gasteiger partial charge in [-0.2, -0.15) is 0 Å².